The van der Waals surface area contributed by atoms with Crippen LogP contribution in [0.3, 0.4) is 0 Å². The fourth-order valence-corrected chi connectivity index (χ4v) is 7.98. The molecule has 0 unspecified atom stereocenters. The van der Waals surface area contributed by atoms with E-state index in [1.807, 2.05) is 45.5 Å². The summed E-state index contributed by atoms with van der Waals surface area (Å²) in [5.74, 6) is 0. The van der Waals surface area contributed by atoms with Gasteiger partial charge in [-0.25, -0.2) is 19.4 Å². The summed E-state index contributed by atoms with van der Waals surface area (Å²) in [6.45, 7) is 31.4. The number of nitriles is 2. The van der Waals surface area contributed by atoms with Gasteiger partial charge in [0, 0.05) is 21.9 Å². The SMILES string of the molecule is [C-]#[N+]c1ccc(-n2c3ccc(C#N)cc3c3cc(C#N)ccc32)c(-c2ccc(-c3ccc(C(F)(F)F)cc3[N+]#[C-])cc2-n2c3ccc([N+]#[C-])cc3c3cc([N+]#[C-])ccc32)c1. The smallest absolute Gasteiger partial charge is 0.309 e. The van der Waals surface area contributed by atoms with Crippen LogP contribution >= 0.6 is 0 Å². The number of hydrogen-bond acceptors (Lipinski definition) is 2. The van der Waals surface area contributed by atoms with E-state index in [4.69, 9.17) is 26.3 Å². The molecule has 0 bridgehead atoms. The van der Waals surface area contributed by atoms with Gasteiger partial charge in [-0.05, 0) is 112 Å². The molecule has 0 aliphatic carbocycles. The van der Waals surface area contributed by atoms with Crippen LogP contribution in [0.4, 0.5) is 35.9 Å². The lowest BCUT2D eigenvalue weighted by molar-refractivity contribution is -0.137. The lowest BCUT2D eigenvalue weighted by Gasteiger charge is -2.20. The molecule has 2 heterocycles. The normalized spacial score (nSPS) is 11.2. The van der Waals surface area contributed by atoms with Crippen molar-refractivity contribution < 1.29 is 13.2 Å². The number of aromatic nitrogens is 2. The molecule has 7 aromatic carbocycles. The third kappa shape index (κ3) is 5.72. The van der Waals surface area contributed by atoms with E-state index in [0.717, 1.165) is 33.9 Å². The van der Waals surface area contributed by atoms with Gasteiger partial charge in [0.2, 0.25) is 0 Å². The summed E-state index contributed by atoms with van der Waals surface area (Å²) in [5, 5.41) is 22.5. The molecule has 0 amide bonds. The Bertz CT molecular complexity index is 3480. The van der Waals surface area contributed by atoms with E-state index in [1.165, 1.54) is 6.07 Å². The largest absolute Gasteiger partial charge is 0.415 e. The molecule has 0 aliphatic heterocycles. The number of hydrogen-bond donors (Lipinski definition) is 0. The van der Waals surface area contributed by atoms with E-state index in [-0.39, 0.29) is 11.3 Å². The van der Waals surface area contributed by atoms with Gasteiger partial charge >= 0.3 is 6.18 Å². The number of halogens is 3. The number of nitrogens with zero attached hydrogens (tertiary/aromatic N) is 8. The standard InChI is InChI=1S/C49H21F3N8/c1-55-32-9-16-45(59-43-14-5-28(26-53)19-37(43)38-20-29(27-54)6-15-44(38)59)39(23-32)36-12-7-30(35-13-8-31(49(50,51)52)22-42(35)58-4)21-48(36)60-46-17-10-33(56-2)24-40(46)41-25-34(57-3)11-18-47(41)60/h5-25H. The Morgan fingerprint density at radius 3 is 1.45 bits per heavy atom. The first-order valence-electron chi connectivity index (χ1n) is 18.1. The van der Waals surface area contributed by atoms with Crippen molar-refractivity contribution in [3.8, 4) is 45.8 Å². The molecule has 0 saturated carbocycles. The second kappa shape index (κ2) is 13.8. The van der Waals surface area contributed by atoms with E-state index in [1.54, 1.807) is 72.8 Å². The molecule has 0 N–H and O–H groups in total. The Balaban J connectivity index is 1.43. The first-order chi connectivity index (χ1) is 29.1. The first-order valence-corrected chi connectivity index (χ1v) is 18.1. The van der Waals surface area contributed by atoms with Gasteiger partial charge in [0.15, 0.2) is 22.7 Å². The van der Waals surface area contributed by atoms with Crippen molar-refractivity contribution in [2.24, 2.45) is 0 Å². The van der Waals surface area contributed by atoms with Crippen molar-refractivity contribution in [1.82, 2.24) is 9.13 Å². The molecule has 2 aromatic heterocycles. The maximum Gasteiger partial charge on any atom is 0.415 e. The molecule has 278 valence electrons. The average molecular weight is 779 g/mol. The van der Waals surface area contributed by atoms with Gasteiger partial charge in [-0.1, -0.05) is 42.5 Å². The van der Waals surface area contributed by atoms with Crippen molar-refractivity contribution >= 4 is 66.4 Å². The Labute approximate surface area is 339 Å². The minimum absolute atomic E-state index is 0.191. The third-order valence-corrected chi connectivity index (χ3v) is 10.6. The lowest BCUT2D eigenvalue weighted by Crippen LogP contribution is -2.04. The second-order valence-corrected chi connectivity index (χ2v) is 13.9. The fraction of sp³-hybridized carbons (Fsp3) is 0.0204. The van der Waals surface area contributed by atoms with Gasteiger partial charge in [0.1, 0.15) is 0 Å². The molecule has 11 heteroatoms. The van der Waals surface area contributed by atoms with Crippen LogP contribution in [0.2, 0.25) is 0 Å². The molecular weight excluding hydrogens is 758 g/mol. The van der Waals surface area contributed by atoms with Gasteiger partial charge in [-0.2, -0.15) is 23.7 Å². The van der Waals surface area contributed by atoms with Crippen LogP contribution in [-0.4, -0.2) is 9.13 Å². The summed E-state index contributed by atoms with van der Waals surface area (Å²) in [4.78, 5) is 14.6. The number of fused-ring (bicyclic) bond motifs is 6. The van der Waals surface area contributed by atoms with E-state index in [0.29, 0.717) is 78.1 Å². The minimum Gasteiger partial charge on any atom is -0.309 e. The van der Waals surface area contributed by atoms with Crippen LogP contribution in [0, 0.1) is 49.0 Å². The van der Waals surface area contributed by atoms with Crippen LogP contribution < -0.4 is 0 Å². The lowest BCUT2D eigenvalue weighted by atomic mass is 9.95. The van der Waals surface area contributed by atoms with Gasteiger partial charge in [0.05, 0.1) is 83.0 Å². The van der Waals surface area contributed by atoms with Gasteiger partial charge in [-0.15, -0.1) is 0 Å². The molecule has 9 aromatic rings. The van der Waals surface area contributed by atoms with E-state index < -0.39 is 11.7 Å². The highest BCUT2D eigenvalue weighted by atomic mass is 19.4. The maximum absolute atomic E-state index is 13.8. The summed E-state index contributed by atoms with van der Waals surface area (Å²) in [6, 6.07) is 39.2. The number of benzene rings is 7. The molecule has 0 aliphatic rings. The molecule has 0 radical (unpaired) electrons. The van der Waals surface area contributed by atoms with Crippen molar-refractivity contribution in [3.05, 3.63) is 190 Å². The molecule has 0 fully saturated rings. The Morgan fingerprint density at radius 2 is 0.933 bits per heavy atom. The van der Waals surface area contributed by atoms with E-state index in [9.17, 15) is 23.7 Å². The molecule has 0 atom stereocenters. The highest BCUT2D eigenvalue weighted by Crippen LogP contribution is 2.46. The zero-order valence-electron chi connectivity index (χ0n) is 30.8. The van der Waals surface area contributed by atoms with E-state index >= 15 is 0 Å². The van der Waals surface area contributed by atoms with Gasteiger partial charge < -0.3 is 9.13 Å². The van der Waals surface area contributed by atoms with Gasteiger partial charge in [-0.3, -0.25) is 0 Å². The molecule has 60 heavy (non-hydrogen) atoms. The van der Waals surface area contributed by atoms with Crippen LogP contribution in [0.15, 0.2) is 127 Å². The van der Waals surface area contributed by atoms with Crippen molar-refractivity contribution in [3.63, 3.8) is 0 Å². The number of alkyl halides is 3. The zero-order chi connectivity index (χ0) is 41.9. The minimum atomic E-state index is -4.66. The van der Waals surface area contributed by atoms with Crippen molar-refractivity contribution in [2.45, 2.75) is 6.18 Å². The van der Waals surface area contributed by atoms with Crippen LogP contribution in [0.5, 0.6) is 0 Å². The predicted octanol–water partition coefficient (Wildman–Crippen LogP) is 14.2. The molecule has 0 spiro atoms. The summed E-state index contributed by atoms with van der Waals surface area (Å²) >= 11 is 0. The van der Waals surface area contributed by atoms with E-state index in [2.05, 4.69) is 31.5 Å². The van der Waals surface area contributed by atoms with Crippen LogP contribution in [-0.2, 0) is 6.18 Å². The van der Waals surface area contributed by atoms with Crippen molar-refractivity contribution in [1.29, 1.82) is 10.5 Å². The monoisotopic (exact) mass is 778 g/mol. The maximum atomic E-state index is 13.8. The highest BCUT2D eigenvalue weighted by Gasteiger charge is 2.31. The summed E-state index contributed by atoms with van der Waals surface area (Å²) < 4.78 is 45.5. The predicted molar refractivity (Wildman–Crippen MR) is 225 cm³/mol. The Morgan fingerprint density at radius 1 is 0.450 bits per heavy atom. The molecule has 0 saturated heterocycles. The molecular formula is C49H21F3N8. The quantitative estimate of drug-likeness (QED) is 0.167. The zero-order valence-corrected chi connectivity index (χ0v) is 30.8. The fourth-order valence-electron chi connectivity index (χ4n) is 7.98. The van der Waals surface area contributed by atoms with Crippen molar-refractivity contribution in [2.75, 3.05) is 0 Å². The van der Waals surface area contributed by atoms with Crippen LogP contribution in [0.25, 0.3) is 96.6 Å². The second-order valence-electron chi connectivity index (χ2n) is 13.9. The van der Waals surface area contributed by atoms with Crippen LogP contribution in [0.1, 0.15) is 16.7 Å². The summed E-state index contributed by atoms with van der Waals surface area (Å²) in [6.07, 6.45) is -4.66. The summed E-state index contributed by atoms with van der Waals surface area (Å²) in [5.41, 5.74) is 6.74. The topological polar surface area (TPSA) is 74.9 Å². The summed E-state index contributed by atoms with van der Waals surface area (Å²) in [7, 11) is 0. The third-order valence-electron chi connectivity index (χ3n) is 10.6. The Kier molecular flexibility index (Phi) is 8.40. The molecule has 8 nitrogen and oxygen atoms in total. The first kappa shape index (κ1) is 36.5. The Hall–Kier alpha value is -9.13. The highest BCUT2D eigenvalue weighted by molar-refractivity contribution is 6.13. The average Bonchev–Trinajstić information content (AvgIpc) is 3.78. The molecule has 9 rings (SSSR count). The van der Waals surface area contributed by atoms with Gasteiger partial charge in [0.25, 0.3) is 0 Å². The number of rotatable bonds is 4.